The molecule has 2 amide bonds. The van der Waals surface area contributed by atoms with Crippen molar-refractivity contribution < 1.29 is 14.3 Å². The first-order valence-corrected chi connectivity index (χ1v) is 11.2. The van der Waals surface area contributed by atoms with Gasteiger partial charge in [0.1, 0.15) is 11.4 Å². The highest BCUT2D eigenvalue weighted by Crippen LogP contribution is 2.40. The maximum absolute atomic E-state index is 13.1. The third-order valence-corrected chi connectivity index (χ3v) is 6.64. The Hall–Kier alpha value is -3.10. The van der Waals surface area contributed by atoms with Crippen molar-refractivity contribution in [1.29, 1.82) is 0 Å². The predicted molar refractivity (Wildman–Crippen MR) is 123 cm³/mol. The van der Waals surface area contributed by atoms with Crippen LogP contribution in [0, 0.1) is 5.41 Å². The fourth-order valence-corrected chi connectivity index (χ4v) is 4.86. The van der Waals surface area contributed by atoms with Gasteiger partial charge in [-0.25, -0.2) is 4.98 Å². The summed E-state index contributed by atoms with van der Waals surface area (Å²) in [7, 11) is 3.35. The van der Waals surface area contributed by atoms with E-state index in [0.29, 0.717) is 42.7 Å². The number of primary amides is 1. The summed E-state index contributed by atoms with van der Waals surface area (Å²) in [5, 5.41) is 3.28. The zero-order valence-corrected chi connectivity index (χ0v) is 19.3. The molecular weight excluding hydrogens is 408 g/mol. The number of fused-ring (bicyclic) bond motifs is 1. The third kappa shape index (κ3) is 4.03. The molecule has 0 radical (unpaired) electrons. The number of hydrogen-bond donors (Lipinski definition) is 2. The molecule has 2 heterocycles. The first kappa shape index (κ1) is 22.1. The van der Waals surface area contributed by atoms with Gasteiger partial charge in [0.15, 0.2) is 5.82 Å². The second kappa shape index (κ2) is 8.44. The van der Waals surface area contributed by atoms with E-state index in [0.717, 1.165) is 30.0 Å². The van der Waals surface area contributed by atoms with Gasteiger partial charge in [0, 0.05) is 25.2 Å². The van der Waals surface area contributed by atoms with Gasteiger partial charge in [-0.3, -0.25) is 9.59 Å². The molecule has 32 heavy (non-hydrogen) atoms. The van der Waals surface area contributed by atoms with Crippen molar-refractivity contribution in [3.63, 3.8) is 0 Å². The quantitative estimate of drug-likeness (QED) is 0.724. The van der Waals surface area contributed by atoms with E-state index in [4.69, 9.17) is 15.5 Å². The zero-order chi connectivity index (χ0) is 23.0. The van der Waals surface area contributed by atoms with Crippen LogP contribution in [0.1, 0.15) is 52.4 Å². The van der Waals surface area contributed by atoms with Gasteiger partial charge in [-0.05, 0) is 45.6 Å². The van der Waals surface area contributed by atoms with Gasteiger partial charge >= 0.3 is 0 Å². The molecule has 1 aromatic heterocycles. The summed E-state index contributed by atoms with van der Waals surface area (Å²) in [6, 6.07) is 0.361. The maximum atomic E-state index is 13.1. The van der Waals surface area contributed by atoms with E-state index in [2.05, 4.69) is 15.2 Å². The lowest BCUT2D eigenvalue weighted by Gasteiger charge is -2.34. The molecule has 0 atom stereocenters. The van der Waals surface area contributed by atoms with E-state index in [1.54, 1.807) is 31.3 Å². The number of hydrogen-bond acceptors (Lipinski definition) is 7. The number of rotatable bonds is 5. The average Bonchev–Trinajstić information content (AvgIpc) is 3.29. The van der Waals surface area contributed by atoms with E-state index in [9.17, 15) is 9.59 Å². The lowest BCUT2D eigenvalue weighted by molar-refractivity contribution is -0.125. The van der Waals surface area contributed by atoms with Crippen molar-refractivity contribution in [2.45, 2.75) is 58.4 Å². The Labute approximate surface area is 188 Å². The number of allylic oxidation sites excluding steroid dienone is 2. The molecule has 1 aliphatic heterocycles. The molecule has 1 fully saturated rings. The normalized spacial score (nSPS) is 21.2. The molecule has 9 nitrogen and oxygen atoms in total. The number of anilines is 3. The second-order valence-electron chi connectivity index (χ2n) is 9.42. The number of nitrogens with two attached hydrogens (primary N) is 1. The second-order valence-corrected chi connectivity index (χ2v) is 9.42. The largest absolute Gasteiger partial charge is 0.495 e. The summed E-state index contributed by atoms with van der Waals surface area (Å²) < 4.78 is 5.46. The van der Waals surface area contributed by atoms with Crippen molar-refractivity contribution in [2.75, 3.05) is 35.8 Å². The third-order valence-electron chi connectivity index (χ3n) is 6.64. The monoisotopic (exact) mass is 440 g/mol. The van der Waals surface area contributed by atoms with Crippen LogP contribution in [0.4, 0.5) is 17.5 Å². The minimum atomic E-state index is -0.531. The number of methoxy groups -OCH3 is 1. The number of nitrogens with zero attached hydrogens (tertiary/aromatic N) is 4. The van der Waals surface area contributed by atoms with Gasteiger partial charge in [-0.15, -0.1) is 0 Å². The Balaban J connectivity index is 1.72. The van der Waals surface area contributed by atoms with Crippen LogP contribution in [0.2, 0.25) is 0 Å². The van der Waals surface area contributed by atoms with Crippen molar-refractivity contribution in [1.82, 2.24) is 9.97 Å². The highest BCUT2D eigenvalue weighted by molar-refractivity contribution is 6.00. The molecule has 1 saturated carbocycles. The SMILES string of the molecule is COC1=C(Nc2ncc3c(n2)N(C2CCCC2)CC(C)(C)C(=O)N3C)CCC(C(N)=O)=C1. The first-order valence-electron chi connectivity index (χ1n) is 11.2. The molecule has 9 heteroatoms. The van der Waals surface area contributed by atoms with E-state index in [1.165, 1.54) is 12.8 Å². The Kier molecular flexibility index (Phi) is 5.83. The molecular formula is C23H32N6O3. The van der Waals surface area contributed by atoms with Crippen molar-refractivity contribution >= 4 is 29.3 Å². The highest BCUT2D eigenvalue weighted by atomic mass is 16.5. The molecule has 0 saturated heterocycles. The molecule has 0 unspecified atom stereocenters. The maximum Gasteiger partial charge on any atom is 0.244 e. The van der Waals surface area contributed by atoms with E-state index in [-0.39, 0.29) is 5.91 Å². The zero-order valence-electron chi connectivity index (χ0n) is 19.3. The fraction of sp³-hybridized carbons (Fsp3) is 0.565. The molecule has 2 aliphatic carbocycles. The fourth-order valence-electron chi connectivity index (χ4n) is 4.86. The van der Waals surface area contributed by atoms with Gasteiger partial charge in [-0.1, -0.05) is 12.8 Å². The Morgan fingerprint density at radius 3 is 2.66 bits per heavy atom. The summed E-state index contributed by atoms with van der Waals surface area (Å²) in [6.07, 6.45) is 9.04. The van der Waals surface area contributed by atoms with Crippen LogP contribution in [0.3, 0.4) is 0 Å². The molecule has 0 aromatic carbocycles. The van der Waals surface area contributed by atoms with E-state index >= 15 is 0 Å². The Morgan fingerprint density at radius 2 is 2.00 bits per heavy atom. The van der Waals surface area contributed by atoms with E-state index in [1.807, 2.05) is 13.8 Å². The lowest BCUT2D eigenvalue weighted by atomic mass is 9.91. The van der Waals surface area contributed by atoms with Gasteiger partial charge in [0.2, 0.25) is 17.8 Å². The minimum absolute atomic E-state index is 0.0596. The highest BCUT2D eigenvalue weighted by Gasteiger charge is 2.41. The molecule has 172 valence electrons. The molecule has 0 spiro atoms. The van der Waals surface area contributed by atoms with Gasteiger partial charge in [-0.2, -0.15) is 4.98 Å². The Bertz CT molecular complexity index is 993. The van der Waals surface area contributed by atoms with Crippen LogP contribution in [-0.4, -0.2) is 48.5 Å². The molecule has 3 aliphatic rings. The van der Waals surface area contributed by atoms with Gasteiger partial charge in [0.05, 0.1) is 24.4 Å². The summed E-state index contributed by atoms with van der Waals surface area (Å²) in [4.78, 5) is 38.0. The van der Waals surface area contributed by atoms with Crippen LogP contribution >= 0.6 is 0 Å². The van der Waals surface area contributed by atoms with Crippen molar-refractivity contribution in [3.05, 3.63) is 29.3 Å². The van der Waals surface area contributed by atoms with Gasteiger partial charge < -0.3 is 25.6 Å². The number of amides is 2. The Morgan fingerprint density at radius 1 is 1.28 bits per heavy atom. The summed E-state index contributed by atoms with van der Waals surface area (Å²) in [6.45, 7) is 4.60. The first-order chi connectivity index (χ1) is 15.2. The molecule has 1 aromatic rings. The summed E-state index contributed by atoms with van der Waals surface area (Å²) in [5.74, 6) is 1.38. The topological polar surface area (TPSA) is 114 Å². The van der Waals surface area contributed by atoms with Crippen LogP contribution in [-0.2, 0) is 14.3 Å². The van der Waals surface area contributed by atoms with Crippen molar-refractivity contribution in [2.24, 2.45) is 11.1 Å². The number of ether oxygens (including phenoxy) is 1. The number of carbonyl (C=O) groups excluding carboxylic acids is 2. The average molecular weight is 441 g/mol. The summed E-state index contributed by atoms with van der Waals surface area (Å²) in [5.41, 5.74) is 6.94. The standard InChI is InChI=1S/C23H32N6O3/c1-23(2)13-29(15-7-5-6-8-15)20-17(28(3)21(23)31)12-25-22(27-20)26-16-10-9-14(19(24)30)11-18(16)32-4/h11-12,15H,5-10,13H2,1-4H3,(H2,24,30)(H,25,26,27). The number of carbonyl (C=O) groups is 2. The lowest BCUT2D eigenvalue weighted by Crippen LogP contribution is -2.45. The van der Waals surface area contributed by atoms with Crippen LogP contribution in [0.25, 0.3) is 0 Å². The number of aromatic nitrogens is 2. The molecule has 4 rings (SSSR count). The number of nitrogens with one attached hydrogen (secondary N) is 1. The smallest absolute Gasteiger partial charge is 0.244 e. The predicted octanol–water partition coefficient (Wildman–Crippen LogP) is 2.70. The van der Waals surface area contributed by atoms with Crippen LogP contribution in [0.5, 0.6) is 0 Å². The van der Waals surface area contributed by atoms with Gasteiger partial charge in [0.25, 0.3) is 0 Å². The van der Waals surface area contributed by atoms with E-state index < -0.39 is 11.3 Å². The van der Waals surface area contributed by atoms with Crippen LogP contribution in [0.15, 0.2) is 29.3 Å². The van der Waals surface area contributed by atoms with Crippen LogP contribution < -0.4 is 20.9 Å². The molecule has 3 N–H and O–H groups in total. The summed E-state index contributed by atoms with van der Waals surface area (Å²) >= 11 is 0. The van der Waals surface area contributed by atoms with Crippen molar-refractivity contribution in [3.8, 4) is 0 Å². The minimum Gasteiger partial charge on any atom is -0.495 e. The molecule has 0 bridgehead atoms.